The molecule has 1 saturated heterocycles. The Kier molecular flexibility index (Phi) is 8.60. The zero-order valence-corrected chi connectivity index (χ0v) is 21.8. The van der Waals surface area contributed by atoms with E-state index in [0.29, 0.717) is 16.0 Å². The molecule has 0 aromatic heterocycles. The minimum absolute atomic E-state index is 0.0164. The van der Waals surface area contributed by atoms with E-state index >= 15 is 0 Å². The number of nitrogens with zero attached hydrogens (tertiary/aromatic N) is 3. The van der Waals surface area contributed by atoms with Gasteiger partial charge in [-0.25, -0.2) is 9.59 Å². The number of carbonyl (C=O) groups excluding carboxylic acids is 3. The van der Waals surface area contributed by atoms with Crippen LogP contribution < -0.4 is 0 Å². The Morgan fingerprint density at radius 3 is 2.05 bits per heavy atom. The summed E-state index contributed by atoms with van der Waals surface area (Å²) in [6, 6.07) is 10.6. The standard InChI is InChI=1S/C26H23N3O10S/c1-15(30)23-20-12-21(40-11-10-22(31)38-13-16-2-6-18(7-3-16)28(34)35)24(27(20)25(23)32)26(33)39-14-17-4-8-19(9-5-17)29(36)37/h2-11,15,20,23,30H,12-14H2,1H3/b11-10+/t15-,20+,23-/m0/s1. The van der Waals surface area contributed by atoms with Gasteiger partial charge in [-0.15, -0.1) is 0 Å². The van der Waals surface area contributed by atoms with Gasteiger partial charge in [-0.2, -0.15) is 0 Å². The maximum Gasteiger partial charge on any atom is 0.356 e. The largest absolute Gasteiger partial charge is 0.458 e. The molecule has 1 amide bonds. The maximum absolute atomic E-state index is 13.0. The van der Waals surface area contributed by atoms with Crippen molar-refractivity contribution in [2.45, 2.75) is 38.7 Å². The second-order valence-electron chi connectivity index (χ2n) is 8.97. The SMILES string of the molecule is C[C@H](O)[C@@H]1C(=O)N2C(C(=O)OCc3ccc([N+](=O)[O-])cc3)=C(S/C=C/C(=O)OCc3ccc([N+](=O)[O-])cc3)C[C@H]12. The van der Waals surface area contributed by atoms with Crippen LogP contribution in [0.2, 0.25) is 0 Å². The van der Waals surface area contributed by atoms with Gasteiger partial charge in [-0.05, 0) is 47.7 Å². The van der Waals surface area contributed by atoms with Gasteiger partial charge in [0.25, 0.3) is 11.4 Å². The smallest absolute Gasteiger partial charge is 0.356 e. The molecule has 0 saturated carbocycles. The molecule has 1 fully saturated rings. The third kappa shape index (κ3) is 6.18. The zero-order chi connectivity index (χ0) is 29.0. The maximum atomic E-state index is 13.0. The highest BCUT2D eigenvalue weighted by molar-refractivity contribution is 8.05. The molecule has 4 rings (SSSR count). The number of aliphatic hydroxyl groups excluding tert-OH is 1. The Balaban J connectivity index is 1.40. The molecule has 0 bridgehead atoms. The first kappa shape index (κ1) is 28.4. The van der Waals surface area contributed by atoms with Gasteiger partial charge < -0.3 is 19.5 Å². The first-order valence-corrected chi connectivity index (χ1v) is 12.8. The molecule has 40 heavy (non-hydrogen) atoms. The number of benzene rings is 2. The number of amides is 1. The number of thioether (sulfide) groups is 1. The number of hydrogen-bond donors (Lipinski definition) is 1. The highest BCUT2D eigenvalue weighted by Crippen LogP contribution is 2.47. The molecule has 2 aromatic carbocycles. The summed E-state index contributed by atoms with van der Waals surface area (Å²) in [5.74, 6) is -2.56. The molecule has 1 N–H and O–H groups in total. The summed E-state index contributed by atoms with van der Waals surface area (Å²) in [5.41, 5.74) is 0.893. The van der Waals surface area contributed by atoms with E-state index in [1.165, 1.54) is 65.8 Å². The number of non-ortho nitro benzene ring substituents is 2. The fourth-order valence-corrected chi connectivity index (χ4v) is 5.25. The molecule has 208 valence electrons. The molecule has 14 heteroatoms. The molecule has 2 aliphatic rings. The van der Waals surface area contributed by atoms with Crippen molar-refractivity contribution in [1.29, 1.82) is 0 Å². The van der Waals surface area contributed by atoms with Gasteiger partial charge in [-0.3, -0.25) is 25.0 Å². The van der Waals surface area contributed by atoms with E-state index in [1.807, 2.05) is 0 Å². The normalized spacial score (nSPS) is 18.8. The third-order valence-corrected chi connectivity index (χ3v) is 7.26. The summed E-state index contributed by atoms with van der Waals surface area (Å²) in [6.45, 7) is 1.21. The monoisotopic (exact) mass is 569 g/mol. The predicted octanol–water partition coefficient (Wildman–Crippen LogP) is 3.36. The third-order valence-electron chi connectivity index (χ3n) is 6.34. The number of β-lactam (4-membered cyclic amide) rings is 1. The second-order valence-corrected chi connectivity index (χ2v) is 9.97. The Bertz CT molecular complexity index is 1400. The fraction of sp³-hybridized carbons (Fsp3) is 0.269. The molecule has 2 heterocycles. The molecular weight excluding hydrogens is 546 g/mol. The number of rotatable bonds is 11. The van der Waals surface area contributed by atoms with Crippen molar-refractivity contribution >= 4 is 41.0 Å². The van der Waals surface area contributed by atoms with Crippen molar-refractivity contribution in [3.63, 3.8) is 0 Å². The summed E-state index contributed by atoms with van der Waals surface area (Å²) in [6.07, 6.45) is 0.503. The lowest BCUT2D eigenvalue weighted by molar-refractivity contribution is -0.385. The van der Waals surface area contributed by atoms with Crippen LogP contribution in [0.3, 0.4) is 0 Å². The second kappa shape index (κ2) is 12.1. The van der Waals surface area contributed by atoms with Crippen LogP contribution in [0.4, 0.5) is 11.4 Å². The fourth-order valence-electron chi connectivity index (χ4n) is 4.35. The molecule has 2 aromatic rings. The molecule has 2 aliphatic heterocycles. The molecule has 0 unspecified atom stereocenters. The van der Waals surface area contributed by atoms with Crippen LogP contribution >= 0.6 is 11.8 Å². The van der Waals surface area contributed by atoms with Crippen molar-refractivity contribution in [2.24, 2.45) is 5.92 Å². The van der Waals surface area contributed by atoms with E-state index in [-0.39, 0.29) is 36.7 Å². The number of nitro groups is 2. The lowest BCUT2D eigenvalue weighted by atomic mass is 9.83. The first-order valence-electron chi connectivity index (χ1n) is 11.9. The van der Waals surface area contributed by atoms with Crippen molar-refractivity contribution in [1.82, 2.24) is 4.90 Å². The van der Waals surface area contributed by atoms with Gasteiger partial charge in [0.15, 0.2) is 0 Å². The van der Waals surface area contributed by atoms with E-state index in [9.17, 15) is 39.7 Å². The summed E-state index contributed by atoms with van der Waals surface area (Å²) in [7, 11) is 0. The molecule has 3 atom stereocenters. The first-order chi connectivity index (χ1) is 19.1. The van der Waals surface area contributed by atoms with E-state index in [0.717, 1.165) is 17.8 Å². The Labute approximate surface area is 231 Å². The van der Waals surface area contributed by atoms with Gasteiger partial charge >= 0.3 is 11.9 Å². The van der Waals surface area contributed by atoms with Crippen LogP contribution in [-0.4, -0.2) is 49.8 Å². The van der Waals surface area contributed by atoms with Crippen molar-refractivity contribution < 1.29 is 38.8 Å². The summed E-state index contributed by atoms with van der Waals surface area (Å²) < 4.78 is 10.5. The lowest BCUT2D eigenvalue weighted by Crippen LogP contribution is -2.61. The molecule has 0 radical (unpaired) electrons. The predicted molar refractivity (Wildman–Crippen MR) is 140 cm³/mol. The van der Waals surface area contributed by atoms with E-state index in [1.54, 1.807) is 0 Å². The molecule has 0 spiro atoms. The van der Waals surface area contributed by atoms with Crippen LogP contribution in [0.1, 0.15) is 24.5 Å². The average Bonchev–Trinajstić information content (AvgIpc) is 3.24. The Hall–Kier alpha value is -4.56. The van der Waals surface area contributed by atoms with Gasteiger partial charge in [0, 0.05) is 41.7 Å². The molecule has 13 nitrogen and oxygen atoms in total. The topological polar surface area (TPSA) is 179 Å². The van der Waals surface area contributed by atoms with Gasteiger partial charge in [0.1, 0.15) is 18.9 Å². The number of hydrogen-bond acceptors (Lipinski definition) is 11. The minimum Gasteiger partial charge on any atom is -0.458 e. The zero-order valence-electron chi connectivity index (χ0n) is 21.0. The number of aliphatic hydroxyl groups is 1. The molecule has 0 aliphatic carbocycles. The van der Waals surface area contributed by atoms with Gasteiger partial charge in [0.05, 0.1) is 27.9 Å². The van der Waals surface area contributed by atoms with Crippen LogP contribution in [0, 0.1) is 26.1 Å². The summed E-state index contributed by atoms with van der Waals surface area (Å²) in [4.78, 5) is 60.1. The van der Waals surface area contributed by atoms with Crippen molar-refractivity contribution in [2.75, 3.05) is 0 Å². The number of fused-ring (bicyclic) bond motifs is 1. The van der Waals surface area contributed by atoms with Gasteiger partial charge in [0.2, 0.25) is 5.91 Å². The number of esters is 2. The van der Waals surface area contributed by atoms with Crippen LogP contribution in [0.15, 0.2) is 70.6 Å². The van der Waals surface area contributed by atoms with Crippen molar-refractivity contribution in [3.05, 3.63) is 102 Å². The highest BCUT2D eigenvalue weighted by Gasteiger charge is 2.57. The van der Waals surface area contributed by atoms with E-state index in [2.05, 4.69) is 0 Å². The Morgan fingerprint density at radius 2 is 1.55 bits per heavy atom. The van der Waals surface area contributed by atoms with Crippen LogP contribution in [-0.2, 0) is 37.1 Å². The molecular formula is C26H23N3O10S. The lowest BCUT2D eigenvalue weighted by Gasteiger charge is -2.44. The summed E-state index contributed by atoms with van der Waals surface area (Å²) in [5, 5.41) is 33.0. The minimum atomic E-state index is -0.916. The van der Waals surface area contributed by atoms with Gasteiger partial charge in [-0.1, -0.05) is 11.8 Å². The van der Waals surface area contributed by atoms with Crippen LogP contribution in [0.25, 0.3) is 0 Å². The van der Waals surface area contributed by atoms with Crippen molar-refractivity contribution in [3.8, 4) is 0 Å². The number of carbonyl (C=O) groups is 3. The quantitative estimate of drug-likeness (QED) is 0.138. The highest BCUT2D eigenvalue weighted by atomic mass is 32.2. The number of nitro benzene ring substituents is 2. The Morgan fingerprint density at radius 1 is 1.02 bits per heavy atom. The van der Waals surface area contributed by atoms with E-state index < -0.39 is 45.8 Å². The van der Waals surface area contributed by atoms with E-state index in [4.69, 9.17) is 9.47 Å². The average molecular weight is 570 g/mol. The summed E-state index contributed by atoms with van der Waals surface area (Å²) >= 11 is 1.04. The van der Waals surface area contributed by atoms with Crippen LogP contribution in [0.5, 0.6) is 0 Å². The number of ether oxygens (including phenoxy) is 2.